The zero-order chi connectivity index (χ0) is 24.5. The number of carbonyl (C=O) groups excluding carboxylic acids is 2. The summed E-state index contributed by atoms with van der Waals surface area (Å²) in [4.78, 5) is 40.2. The molecule has 7 nitrogen and oxygen atoms in total. The zero-order valence-corrected chi connectivity index (χ0v) is 18.3. The first-order valence-corrected chi connectivity index (χ1v) is 11.2. The molecule has 1 saturated carbocycles. The van der Waals surface area contributed by atoms with E-state index in [9.17, 15) is 31.9 Å². The van der Waals surface area contributed by atoms with Crippen molar-refractivity contribution in [1.82, 2.24) is 20.0 Å². The number of aromatic amines is 1. The number of hydrogen-bond acceptors (Lipinski definition) is 4. The number of halogens is 4. The maximum absolute atomic E-state index is 14.5. The Morgan fingerprint density at radius 2 is 1.82 bits per heavy atom. The van der Waals surface area contributed by atoms with Gasteiger partial charge in [-0.3, -0.25) is 14.4 Å². The monoisotopic (exact) mass is 480 g/mol. The lowest BCUT2D eigenvalue weighted by Crippen LogP contribution is -2.55. The van der Waals surface area contributed by atoms with Gasteiger partial charge < -0.3 is 9.80 Å². The number of benzene rings is 1. The van der Waals surface area contributed by atoms with Crippen LogP contribution in [0.2, 0.25) is 0 Å². The molecule has 1 aromatic heterocycles. The van der Waals surface area contributed by atoms with Crippen molar-refractivity contribution in [3.8, 4) is 0 Å². The number of nitrogens with zero attached hydrogens (tertiary/aromatic N) is 3. The number of aromatic nitrogens is 2. The molecule has 182 valence electrons. The van der Waals surface area contributed by atoms with E-state index >= 15 is 0 Å². The van der Waals surface area contributed by atoms with Gasteiger partial charge in [-0.25, -0.2) is 9.49 Å². The number of H-pyrrole nitrogens is 1. The molecule has 0 radical (unpaired) electrons. The number of carbonyl (C=O) groups is 2. The van der Waals surface area contributed by atoms with E-state index in [0.29, 0.717) is 18.2 Å². The summed E-state index contributed by atoms with van der Waals surface area (Å²) >= 11 is 0. The largest absolute Gasteiger partial charge is 0.421 e. The van der Waals surface area contributed by atoms with E-state index in [2.05, 4.69) is 5.10 Å². The number of rotatable bonds is 4. The van der Waals surface area contributed by atoms with Gasteiger partial charge >= 0.3 is 6.18 Å². The van der Waals surface area contributed by atoms with Crippen molar-refractivity contribution in [2.75, 3.05) is 19.6 Å². The van der Waals surface area contributed by atoms with Crippen LogP contribution >= 0.6 is 0 Å². The molecule has 2 aliphatic rings. The van der Waals surface area contributed by atoms with Gasteiger partial charge in [-0.2, -0.15) is 18.3 Å². The van der Waals surface area contributed by atoms with Crippen molar-refractivity contribution in [1.29, 1.82) is 0 Å². The Hall–Kier alpha value is -3.24. The molecule has 2 aromatic rings. The van der Waals surface area contributed by atoms with Gasteiger partial charge in [0.15, 0.2) is 0 Å². The van der Waals surface area contributed by atoms with Gasteiger partial charge in [0, 0.05) is 25.6 Å². The summed E-state index contributed by atoms with van der Waals surface area (Å²) in [5.74, 6) is -1.61. The smallest absolute Gasteiger partial charge is 0.336 e. The molecule has 0 spiro atoms. The van der Waals surface area contributed by atoms with E-state index in [1.807, 2.05) is 10.00 Å². The predicted octanol–water partition coefficient (Wildman–Crippen LogP) is 3.14. The number of hydrogen-bond donors (Lipinski definition) is 1. The highest BCUT2D eigenvalue weighted by atomic mass is 19.4. The molecule has 2 amide bonds. The third-order valence-corrected chi connectivity index (χ3v) is 6.37. The highest BCUT2D eigenvalue weighted by Crippen LogP contribution is 2.27. The van der Waals surface area contributed by atoms with E-state index in [0.717, 1.165) is 38.2 Å². The molecule has 11 heteroatoms. The molecule has 0 atom stereocenters. The highest BCUT2D eigenvalue weighted by Gasteiger charge is 2.35. The number of piperazine rings is 1. The molecule has 2 heterocycles. The Kier molecular flexibility index (Phi) is 6.72. The Balaban J connectivity index is 1.49. The van der Waals surface area contributed by atoms with Crippen LogP contribution in [-0.2, 0) is 17.4 Å². The van der Waals surface area contributed by atoms with E-state index in [-0.39, 0.29) is 42.7 Å². The lowest BCUT2D eigenvalue weighted by atomic mass is 9.93. The fourth-order valence-corrected chi connectivity index (χ4v) is 4.61. The maximum Gasteiger partial charge on any atom is 0.421 e. The minimum Gasteiger partial charge on any atom is -0.336 e. The van der Waals surface area contributed by atoms with Crippen LogP contribution in [0.25, 0.3) is 0 Å². The summed E-state index contributed by atoms with van der Waals surface area (Å²) in [7, 11) is 0. The van der Waals surface area contributed by atoms with Crippen LogP contribution in [0.1, 0.15) is 59.3 Å². The van der Waals surface area contributed by atoms with E-state index in [4.69, 9.17) is 0 Å². The molecule has 34 heavy (non-hydrogen) atoms. The Morgan fingerprint density at radius 3 is 2.50 bits per heavy atom. The van der Waals surface area contributed by atoms with Crippen molar-refractivity contribution in [2.45, 2.75) is 50.7 Å². The van der Waals surface area contributed by atoms with Crippen molar-refractivity contribution < 1.29 is 27.2 Å². The van der Waals surface area contributed by atoms with E-state index < -0.39 is 29.0 Å². The number of alkyl halides is 3. The van der Waals surface area contributed by atoms with Crippen LogP contribution < -0.4 is 5.56 Å². The molecule has 1 aromatic carbocycles. The van der Waals surface area contributed by atoms with Gasteiger partial charge in [0.2, 0.25) is 5.91 Å². The number of nitrogens with one attached hydrogen (secondary N) is 1. The second kappa shape index (κ2) is 9.55. The van der Waals surface area contributed by atoms with Gasteiger partial charge in [0.25, 0.3) is 11.5 Å². The molecule has 1 aliphatic heterocycles. The molecule has 2 fully saturated rings. The summed E-state index contributed by atoms with van der Waals surface area (Å²) in [6.07, 6.45) is 0.199. The summed E-state index contributed by atoms with van der Waals surface area (Å²) in [6, 6.07) is 4.45. The third kappa shape index (κ3) is 5.13. The second-order valence-corrected chi connectivity index (χ2v) is 8.70. The SMILES string of the molecule is O=C(c1cc(Cc2cc(C(F)(F)F)c(=O)[nH]n2)ccc1F)N1CCN(C2CCCCC2)C(=O)C1. The minimum atomic E-state index is -4.85. The zero-order valence-electron chi connectivity index (χ0n) is 18.3. The fraction of sp³-hybridized carbons (Fsp3) is 0.478. The normalized spacial score (nSPS) is 17.8. The second-order valence-electron chi connectivity index (χ2n) is 8.70. The first-order chi connectivity index (χ1) is 16.1. The first kappa shape index (κ1) is 23.9. The lowest BCUT2D eigenvalue weighted by Gasteiger charge is -2.40. The molecule has 0 bridgehead atoms. The van der Waals surface area contributed by atoms with Crippen LogP contribution in [0.4, 0.5) is 17.6 Å². The summed E-state index contributed by atoms with van der Waals surface area (Å²) in [5, 5.41) is 5.44. The Labute approximate surface area is 192 Å². The first-order valence-electron chi connectivity index (χ1n) is 11.2. The molecule has 1 N–H and O–H groups in total. The van der Waals surface area contributed by atoms with Crippen LogP contribution in [-0.4, -0.2) is 57.5 Å². The molecule has 1 saturated heterocycles. The third-order valence-electron chi connectivity index (χ3n) is 6.37. The highest BCUT2D eigenvalue weighted by molar-refractivity contribution is 5.97. The number of amides is 2. The van der Waals surface area contributed by atoms with Gasteiger partial charge in [-0.1, -0.05) is 25.3 Å². The predicted molar refractivity (Wildman–Crippen MR) is 114 cm³/mol. The Morgan fingerprint density at radius 1 is 1.09 bits per heavy atom. The average Bonchev–Trinajstić information content (AvgIpc) is 2.81. The molecule has 4 rings (SSSR count). The van der Waals surface area contributed by atoms with Crippen molar-refractivity contribution in [2.24, 2.45) is 0 Å². The van der Waals surface area contributed by atoms with Crippen molar-refractivity contribution >= 4 is 11.8 Å². The van der Waals surface area contributed by atoms with E-state index in [1.165, 1.54) is 17.0 Å². The topological polar surface area (TPSA) is 86.4 Å². The quantitative estimate of drug-likeness (QED) is 0.682. The van der Waals surface area contributed by atoms with Crippen LogP contribution in [0.15, 0.2) is 29.1 Å². The summed E-state index contributed by atoms with van der Waals surface area (Å²) in [5.41, 5.74) is -2.76. The van der Waals surface area contributed by atoms with Crippen molar-refractivity contribution in [3.63, 3.8) is 0 Å². The molecular formula is C23H24F4N4O3. The van der Waals surface area contributed by atoms with Crippen LogP contribution in [0, 0.1) is 5.82 Å². The average molecular weight is 480 g/mol. The van der Waals surface area contributed by atoms with Gasteiger partial charge in [0.05, 0.1) is 11.3 Å². The van der Waals surface area contributed by atoms with Gasteiger partial charge in [-0.05, 0) is 36.6 Å². The maximum atomic E-state index is 14.5. The Bertz CT molecular complexity index is 1140. The van der Waals surface area contributed by atoms with Crippen LogP contribution in [0.3, 0.4) is 0 Å². The van der Waals surface area contributed by atoms with Crippen LogP contribution in [0.5, 0.6) is 0 Å². The van der Waals surface area contributed by atoms with Gasteiger partial charge in [0.1, 0.15) is 17.9 Å². The molecule has 1 aliphatic carbocycles. The fourth-order valence-electron chi connectivity index (χ4n) is 4.61. The van der Waals surface area contributed by atoms with Crippen molar-refractivity contribution in [3.05, 3.63) is 62.8 Å². The molecule has 0 unspecified atom stereocenters. The standard InChI is InChI=1S/C23H24F4N4O3/c24-19-7-6-14(10-15-12-18(23(25,26)27)21(33)29-28-15)11-17(19)22(34)30-8-9-31(20(32)13-30)16-4-2-1-3-5-16/h6-7,11-12,16H,1-5,8-10,13H2,(H,29,33). The van der Waals surface area contributed by atoms with E-state index in [1.54, 1.807) is 0 Å². The van der Waals surface area contributed by atoms with Gasteiger partial charge in [-0.15, -0.1) is 0 Å². The minimum absolute atomic E-state index is 0.0896. The summed E-state index contributed by atoms with van der Waals surface area (Å²) in [6.45, 7) is 0.522. The lowest BCUT2D eigenvalue weighted by molar-refractivity contribution is -0.139. The molecular weight excluding hydrogens is 456 g/mol. The summed E-state index contributed by atoms with van der Waals surface area (Å²) < 4.78 is 53.5.